The lowest BCUT2D eigenvalue weighted by molar-refractivity contribution is -0.126. The normalized spacial score (nSPS) is 21.9. The molecule has 2 aliphatic rings. The molecule has 1 amide bonds. The molecular weight excluding hydrogens is 348 g/mol. The molecule has 2 saturated heterocycles. The molecule has 1 atom stereocenters. The highest BCUT2D eigenvalue weighted by Gasteiger charge is 2.54. The Labute approximate surface area is 166 Å². The van der Waals surface area contributed by atoms with Crippen molar-refractivity contribution in [1.82, 2.24) is 10.2 Å². The number of ketones is 1. The molecule has 4 nitrogen and oxygen atoms in total. The Morgan fingerprint density at radius 1 is 1.00 bits per heavy atom. The molecule has 0 bridgehead atoms. The minimum atomic E-state index is -0.696. The monoisotopic (exact) mass is 376 g/mol. The molecule has 28 heavy (non-hydrogen) atoms. The first kappa shape index (κ1) is 18.9. The Morgan fingerprint density at radius 2 is 1.61 bits per heavy atom. The molecule has 0 saturated carbocycles. The highest BCUT2D eigenvalue weighted by molar-refractivity contribution is 6.17. The molecule has 2 aromatic carbocycles. The molecule has 4 rings (SSSR count). The van der Waals surface area contributed by atoms with E-state index in [0.29, 0.717) is 12.8 Å². The van der Waals surface area contributed by atoms with Gasteiger partial charge in [-0.05, 0) is 55.9 Å². The van der Waals surface area contributed by atoms with Crippen LogP contribution in [0, 0.1) is 20.8 Å². The van der Waals surface area contributed by atoms with Gasteiger partial charge in [0.05, 0.1) is 0 Å². The number of carbonyl (C=O) groups excluding carboxylic acids is 2. The third-order valence-electron chi connectivity index (χ3n) is 6.34. The molecule has 146 valence electrons. The number of likely N-dealkylation sites (tertiary alicyclic amines) is 1. The second-order valence-electron chi connectivity index (χ2n) is 8.44. The zero-order chi connectivity index (χ0) is 19.9. The number of piperidine rings is 1. The minimum Gasteiger partial charge on any atom is -0.343 e. The molecule has 2 aromatic rings. The van der Waals surface area contributed by atoms with Crippen molar-refractivity contribution in [2.24, 2.45) is 0 Å². The van der Waals surface area contributed by atoms with Crippen molar-refractivity contribution < 1.29 is 9.59 Å². The summed E-state index contributed by atoms with van der Waals surface area (Å²) in [7, 11) is 0. The van der Waals surface area contributed by atoms with Crippen molar-refractivity contribution in [3.63, 3.8) is 0 Å². The lowest BCUT2D eigenvalue weighted by Gasteiger charge is -2.38. The highest BCUT2D eigenvalue weighted by Crippen LogP contribution is 2.39. The van der Waals surface area contributed by atoms with Crippen molar-refractivity contribution in [3.05, 3.63) is 70.3 Å². The van der Waals surface area contributed by atoms with Crippen molar-refractivity contribution in [2.75, 3.05) is 13.1 Å². The second-order valence-corrected chi connectivity index (χ2v) is 8.44. The van der Waals surface area contributed by atoms with Crippen LogP contribution in [0.5, 0.6) is 0 Å². The summed E-state index contributed by atoms with van der Waals surface area (Å²) in [5.41, 5.74) is 4.71. The zero-order valence-corrected chi connectivity index (χ0v) is 16.9. The summed E-state index contributed by atoms with van der Waals surface area (Å²) in [5.74, 6) is -0.732. The van der Waals surface area contributed by atoms with Gasteiger partial charge in [-0.3, -0.25) is 14.5 Å². The molecule has 1 unspecified atom stereocenters. The van der Waals surface area contributed by atoms with Crippen LogP contribution in [-0.2, 0) is 16.1 Å². The smallest absolute Gasteiger partial charge is 0.235 e. The van der Waals surface area contributed by atoms with Gasteiger partial charge in [0, 0.05) is 19.6 Å². The van der Waals surface area contributed by atoms with Gasteiger partial charge >= 0.3 is 0 Å². The van der Waals surface area contributed by atoms with Crippen LogP contribution >= 0.6 is 0 Å². The van der Waals surface area contributed by atoms with E-state index in [1.807, 2.05) is 26.8 Å². The van der Waals surface area contributed by atoms with Gasteiger partial charge in [-0.1, -0.05) is 48.0 Å². The third kappa shape index (κ3) is 3.26. The van der Waals surface area contributed by atoms with E-state index in [0.717, 1.165) is 41.9 Å². The molecule has 1 N–H and O–H groups in total. The Morgan fingerprint density at radius 3 is 2.21 bits per heavy atom. The first-order valence-electron chi connectivity index (χ1n) is 10.1. The van der Waals surface area contributed by atoms with E-state index >= 15 is 0 Å². The SMILES string of the molecule is Cc1cc(C)c(C2C(=O)NC3(CCN(Cc4ccccc4)CC3)C2=O)c(C)c1. The van der Waals surface area contributed by atoms with E-state index in [9.17, 15) is 9.59 Å². The van der Waals surface area contributed by atoms with Crippen molar-refractivity contribution in [1.29, 1.82) is 0 Å². The molecule has 0 aromatic heterocycles. The van der Waals surface area contributed by atoms with Gasteiger partial charge in [-0.25, -0.2) is 0 Å². The molecule has 2 fully saturated rings. The summed E-state index contributed by atoms with van der Waals surface area (Å²) in [6.07, 6.45) is 1.37. The molecular formula is C24H28N2O2. The zero-order valence-electron chi connectivity index (χ0n) is 16.9. The van der Waals surface area contributed by atoms with Gasteiger partial charge in [-0.2, -0.15) is 0 Å². The van der Waals surface area contributed by atoms with Gasteiger partial charge in [0.25, 0.3) is 0 Å². The largest absolute Gasteiger partial charge is 0.343 e. The van der Waals surface area contributed by atoms with Gasteiger partial charge in [-0.15, -0.1) is 0 Å². The first-order chi connectivity index (χ1) is 13.4. The average molecular weight is 377 g/mol. The Bertz CT molecular complexity index is 888. The Balaban J connectivity index is 1.52. The molecule has 0 radical (unpaired) electrons. The second kappa shape index (κ2) is 7.17. The first-order valence-corrected chi connectivity index (χ1v) is 10.1. The number of Topliss-reactive ketones (excluding diaryl/α,β-unsaturated/α-hetero) is 1. The van der Waals surface area contributed by atoms with E-state index in [4.69, 9.17) is 0 Å². The lowest BCUT2D eigenvalue weighted by atomic mass is 9.78. The summed E-state index contributed by atoms with van der Waals surface area (Å²) < 4.78 is 0. The summed E-state index contributed by atoms with van der Waals surface area (Å²) in [5, 5.41) is 3.11. The third-order valence-corrected chi connectivity index (χ3v) is 6.34. The number of aryl methyl sites for hydroxylation is 3. The van der Waals surface area contributed by atoms with Crippen LogP contribution in [0.15, 0.2) is 42.5 Å². The maximum Gasteiger partial charge on any atom is 0.235 e. The quantitative estimate of drug-likeness (QED) is 0.835. The number of amides is 1. The van der Waals surface area contributed by atoms with Crippen LogP contribution in [-0.4, -0.2) is 35.2 Å². The topological polar surface area (TPSA) is 49.4 Å². The minimum absolute atomic E-state index is 0.0620. The van der Waals surface area contributed by atoms with Gasteiger partial charge < -0.3 is 5.32 Å². The number of nitrogens with zero attached hydrogens (tertiary/aromatic N) is 1. The molecule has 0 aliphatic carbocycles. The number of nitrogens with one attached hydrogen (secondary N) is 1. The molecule has 2 aliphatic heterocycles. The predicted octanol–water partition coefficient (Wildman–Crippen LogP) is 3.43. The fraction of sp³-hybridized carbons (Fsp3) is 0.417. The average Bonchev–Trinajstić information content (AvgIpc) is 2.88. The predicted molar refractivity (Wildman–Crippen MR) is 110 cm³/mol. The van der Waals surface area contributed by atoms with Crippen LogP contribution in [0.25, 0.3) is 0 Å². The van der Waals surface area contributed by atoms with Crippen LogP contribution in [0.4, 0.5) is 0 Å². The summed E-state index contributed by atoms with van der Waals surface area (Å²) in [6.45, 7) is 8.58. The van der Waals surface area contributed by atoms with E-state index in [-0.39, 0.29) is 11.7 Å². The fourth-order valence-corrected chi connectivity index (χ4v) is 4.98. The highest BCUT2D eigenvalue weighted by atomic mass is 16.2. The van der Waals surface area contributed by atoms with Gasteiger partial charge in [0.2, 0.25) is 5.91 Å². The molecule has 2 heterocycles. The number of carbonyl (C=O) groups is 2. The van der Waals surface area contributed by atoms with Crippen LogP contribution in [0.1, 0.15) is 46.6 Å². The number of hydrogen-bond donors (Lipinski definition) is 1. The maximum atomic E-state index is 13.4. The van der Waals surface area contributed by atoms with E-state index < -0.39 is 11.5 Å². The van der Waals surface area contributed by atoms with E-state index in [2.05, 4.69) is 46.6 Å². The summed E-state index contributed by atoms with van der Waals surface area (Å²) in [4.78, 5) is 28.7. The molecule has 1 spiro atoms. The van der Waals surface area contributed by atoms with Gasteiger partial charge in [0.15, 0.2) is 5.78 Å². The van der Waals surface area contributed by atoms with E-state index in [1.165, 1.54) is 5.56 Å². The Hall–Kier alpha value is -2.46. The Kier molecular flexibility index (Phi) is 4.84. The van der Waals surface area contributed by atoms with Crippen LogP contribution in [0.3, 0.4) is 0 Å². The van der Waals surface area contributed by atoms with Crippen molar-refractivity contribution >= 4 is 11.7 Å². The van der Waals surface area contributed by atoms with Gasteiger partial charge in [0.1, 0.15) is 11.5 Å². The summed E-state index contributed by atoms with van der Waals surface area (Å²) >= 11 is 0. The maximum absolute atomic E-state index is 13.4. The van der Waals surface area contributed by atoms with Crippen LogP contribution < -0.4 is 5.32 Å². The van der Waals surface area contributed by atoms with Crippen molar-refractivity contribution in [3.8, 4) is 0 Å². The number of rotatable bonds is 3. The fourth-order valence-electron chi connectivity index (χ4n) is 4.98. The van der Waals surface area contributed by atoms with E-state index in [1.54, 1.807) is 0 Å². The molecule has 4 heteroatoms. The number of hydrogen-bond acceptors (Lipinski definition) is 3. The van der Waals surface area contributed by atoms with Crippen LogP contribution in [0.2, 0.25) is 0 Å². The standard InChI is InChI=1S/C24H28N2O2/c1-16-13-17(2)20(18(3)14-16)21-22(27)24(25-23(21)28)9-11-26(12-10-24)15-19-7-5-4-6-8-19/h4-8,13-14,21H,9-12,15H2,1-3H3,(H,25,28). The summed E-state index contributed by atoms with van der Waals surface area (Å²) in [6, 6.07) is 14.5. The lowest BCUT2D eigenvalue weighted by Crippen LogP contribution is -2.54. The van der Waals surface area contributed by atoms with Crippen molar-refractivity contribution in [2.45, 2.75) is 51.6 Å². The number of benzene rings is 2.